The van der Waals surface area contributed by atoms with E-state index in [2.05, 4.69) is 4.90 Å². The molecule has 0 aromatic rings. The minimum atomic E-state index is -0.0638. The molecule has 0 spiro atoms. The lowest BCUT2D eigenvalue weighted by Crippen LogP contribution is -2.34. The summed E-state index contributed by atoms with van der Waals surface area (Å²) < 4.78 is 0. The maximum atomic E-state index is 11.6. The van der Waals surface area contributed by atoms with Gasteiger partial charge in [0.2, 0.25) is 5.91 Å². The first-order valence-electron chi connectivity index (χ1n) is 5.39. The zero-order chi connectivity index (χ0) is 11.8. The van der Waals surface area contributed by atoms with E-state index in [1.54, 1.807) is 4.90 Å². The van der Waals surface area contributed by atoms with E-state index in [0.717, 1.165) is 19.5 Å². The third-order valence-corrected chi connectivity index (χ3v) is 2.17. The Morgan fingerprint density at radius 1 is 1.13 bits per heavy atom. The van der Waals surface area contributed by atoms with Crippen molar-refractivity contribution >= 4 is 11.7 Å². The Morgan fingerprint density at radius 2 is 1.73 bits per heavy atom. The van der Waals surface area contributed by atoms with Gasteiger partial charge in [-0.2, -0.15) is 0 Å². The molecule has 0 heterocycles. The van der Waals surface area contributed by atoms with E-state index in [1.165, 1.54) is 6.92 Å². The molecule has 0 saturated heterocycles. The van der Waals surface area contributed by atoms with Crippen molar-refractivity contribution in [3.05, 3.63) is 0 Å². The van der Waals surface area contributed by atoms with Gasteiger partial charge in [0.25, 0.3) is 0 Å². The lowest BCUT2D eigenvalue weighted by atomic mass is 10.2. The van der Waals surface area contributed by atoms with Crippen LogP contribution in [0.25, 0.3) is 0 Å². The van der Waals surface area contributed by atoms with E-state index < -0.39 is 0 Å². The van der Waals surface area contributed by atoms with Gasteiger partial charge in [0, 0.05) is 13.1 Å². The molecular weight excluding hydrogens is 192 g/mol. The van der Waals surface area contributed by atoms with Gasteiger partial charge in [-0.05, 0) is 40.9 Å². The summed E-state index contributed by atoms with van der Waals surface area (Å²) in [5, 5.41) is 0. The summed E-state index contributed by atoms with van der Waals surface area (Å²) in [6.45, 7) is 5.77. The molecule has 0 unspecified atom stereocenters. The van der Waals surface area contributed by atoms with Crippen LogP contribution in [0.2, 0.25) is 0 Å². The van der Waals surface area contributed by atoms with Crippen LogP contribution in [0, 0.1) is 0 Å². The zero-order valence-electron chi connectivity index (χ0n) is 10.2. The fraction of sp³-hybridized carbons (Fsp3) is 0.818. The Morgan fingerprint density at radius 3 is 2.13 bits per heavy atom. The lowest BCUT2D eigenvalue weighted by molar-refractivity contribution is -0.134. The predicted octanol–water partition coefficient (Wildman–Crippen LogP) is 0.766. The van der Waals surface area contributed by atoms with Crippen molar-refractivity contribution in [2.45, 2.75) is 26.7 Å². The first-order valence-corrected chi connectivity index (χ1v) is 5.39. The second-order valence-corrected chi connectivity index (χ2v) is 4.01. The van der Waals surface area contributed by atoms with Crippen LogP contribution in [0.1, 0.15) is 26.7 Å². The number of carbonyl (C=O) groups excluding carboxylic acids is 2. The molecule has 0 aliphatic heterocycles. The normalized spacial score (nSPS) is 10.5. The van der Waals surface area contributed by atoms with Gasteiger partial charge >= 0.3 is 0 Å². The third-order valence-electron chi connectivity index (χ3n) is 2.17. The summed E-state index contributed by atoms with van der Waals surface area (Å²) in [4.78, 5) is 26.2. The highest BCUT2D eigenvalue weighted by atomic mass is 16.2. The smallest absolute Gasteiger partial charge is 0.229 e. The van der Waals surface area contributed by atoms with Crippen molar-refractivity contribution in [1.29, 1.82) is 0 Å². The maximum Gasteiger partial charge on any atom is 0.229 e. The molecule has 0 rings (SSSR count). The minimum Gasteiger partial charge on any atom is -0.343 e. The number of Topliss-reactive ketones (excluding diaryl/α,β-unsaturated/α-hetero) is 1. The minimum absolute atomic E-state index is 0.0375. The van der Waals surface area contributed by atoms with Gasteiger partial charge in [0.1, 0.15) is 5.78 Å². The standard InChI is InChI=1S/C11H22N2O2/c1-5-13(8-6-7-12(3)4)11(15)9-10(2)14/h5-9H2,1-4H3. The summed E-state index contributed by atoms with van der Waals surface area (Å²) in [6.07, 6.45) is 0.986. The molecule has 0 bridgehead atoms. The van der Waals surface area contributed by atoms with E-state index in [0.29, 0.717) is 6.54 Å². The summed E-state index contributed by atoms with van der Waals surface area (Å²) in [5.74, 6) is -0.116. The van der Waals surface area contributed by atoms with Crippen molar-refractivity contribution in [3.8, 4) is 0 Å². The van der Waals surface area contributed by atoms with Gasteiger partial charge in [0.15, 0.2) is 0 Å². The molecule has 4 heteroatoms. The number of hydrogen-bond donors (Lipinski definition) is 0. The topological polar surface area (TPSA) is 40.6 Å². The fourth-order valence-corrected chi connectivity index (χ4v) is 1.36. The first-order chi connectivity index (χ1) is 6.97. The van der Waals surface area contributed by atoms with E-state index in [4.69, 9.17) is 0 Å². The van der Waals surface area contributed by atoms with E-state index in [9.17, 15) is 9.59 Å². The van der Waals surface area contributed by atoms with Crippen LogP contribution in [0.4, 0.5) is 0 Å². The van der Waals surface area contributed by atoms with Crippen molar-refractivity contribution in [1.82, 2.24) is 9.80 Å². The molecule has 0 atom stereocenters. The number of nitrogens with zero attached hydrogens (tertiary/aromatic N) is 2. The molecule has 15 heavy (non-hydrogen) atoms. The lowest BCUT2D eigenvalue weighted by Gasteiger charge is -2.21. The molecule has 0 saturated carbocycles. The average molecular weight is 214 g/mol. The molecule has 0 aromatic heterocycles. The van der Waals surface area contributed by atoms with Crippen LogP contribution in [0.15, 0.2) is 0 Å². The molecule has 0 aliphatic carbocycles. The van der Waals surface area contributed by atoms with Crippen LogP contribution in [-0.4, -0.2) is 55.2 Å². The van der Waals surface area contributed by atoms with Gasteiger partial charge in [-0.3, -0.25) is 9.59 Å². The molecule has 88 valence electrons. The maximum absolute atomic E-state index is 11.6. The van der Waals surface area contributed by atoms with E-state index in [1.807, 2.05) is 21.0 Å². The fourth-order valence-electron chi connectivity index (χ4n) is 1.36. The molecular formula is C11H22N2O2. The van der Waals surface area contributed by atoms with Crippen molar-refractivity contribution in [2.24, 2.45) is 0 Å². The number of amides is 1. The second-order valence-electron chi connectivity index (χ2n) is 4.01. The quantitative estimate of drug-likeness (QED) is 0.588. The Hall–Kier alpha value is -0.900. The number of hydrogen-bond acceptors (Lipinski definition) is 3. The van der Waals surface area contributed by atoms with E-state index >= 15 is 0 Å². The van der Waals surface area contributed by atoms with Gasteiger partial charge in [0.05, 0.1) is 6.42 Å². The van der Waals surface area contributed by atoms with Crippen molar-refractivity contribution in [2.75, 3.05) is 33.7 Å². The van der Waals surface area contributed by atoms with Gasteiger partial charge in [-0.25, -0.2) is 0 Å². The van der Waals surface area contributed by atoms with Crippen molar-refractivity contribution in [3.63, 3.8) is 0 Å². The predicted molar refractivity (Wildman–Crippen MR) is 60.7 cm³/mol. The third kappa shape index (κ3) is 7.08. The number of rotatable bonds is 7. The van der Waals surface area contributed by atoms with Crippen molar-refractivity contribution < 1.29 is 9.59 Å². The van der Waals surface area contributed by atoms with Gasteiger partial charge < -0.3 is 9.80 Å². The van der Waals surface area contributed by atoms with Gasteiger partial charge in [-0.15, -0.1) is 0 Å². The van der Waals surface area contributed by atoms with E-state index in [-0.39, 0.29) is 18.1 Å². The first kappa shape index (κ1) is 14.1. The molecule has 0 fully saturated rings. The molecule has 0 N–H and O–H groups in total. The SMILES string of the molecule is CCN(CCCN(C)C)C(=O)CC(C)=O. The molecule has 0 aromatic carbocycles. The largest absolute Gasteiger partial charge is 0.343 e. The van der Waals surface area contributed by atoms with Crippen LogP contribution in [0.3, 0.4) is 0 Å². The van der Waals surface area contributed by atoms with Crippen LogP contribution in [-0.2, 0) is 9.59 Å². The molecule has 0 radical (unpaired) electrons. The molecule has 4 nitrogen and oxygen atoms in total. The highest BCUT2D eigenvalue weighted by Crippen LogP contribution is 1.97. The number of carbonyl (C=O) groups is 2. The average Bonchev–Trinajstić information content (AvgIpc) is 2.10. The summed E-state index contributed by atoms with van der Waals surface area (Å²) >= 11 is 0. The Bertz CT molecular complexity index is 215. The monoisotopic (exact) mass is 214 g/mol. The highest BCUT2D eigenvalue weighted by molar-refractivity contribution is 5.96. The molecule has 1 amide bonds. The Labute approximate surface area is 92.2 Å². The molecule has 0 aliphatic rings. The summed E-state index contributed by atoms with van der Waals surface area (Å²) in [6, 6.07) is 0. The Balaban J connectivity index is 3.90. The summed E-state index contributed by atoms with van der Waals surface area (Å²) in [5.41, 5.74) is 0. The van der Waals surface area contributed by atoms with Gasteiger partial charge in [-0.1, -0.05) is 0 Å². The van der Waals surface area contributed by atoms with Crippen LogP contribution >= 0.6 is 0 Å². The number of ketones is 1. The Kier molecular flexibility index (Phi) is 6.96. The highest BCUT2D eigenvalue weighted by Gasteiger charge is 2.12. The van der Waals surface area contributed by atoms with Crippen LogP contribution in [0.5, 0.6) is 0 Å². The second kappa shape index (κ2) is 7.40. The van der Waals surface area contributed by atoms with Crippen LogP contribution < -0.4 is 0 Å². The zero-order valence-corrected chi connectivity index (χ0v) is 10.2. The summed E-state index contributed by atoms with van der Waals surface area (Å²) in [7, 11) is 4.02.